The summed E-state index contributed by atoms with van der Waals surface area (Å²) in [6.45, 7) is 0. The minimum Gasteiger partial charge on any atom is -0.455 e. The van der Waals surface area contributed by atoms with Gasteiger partial charge in [0.2, 0.25) is 0 Å². The Kier molecular flexibility index (Phi) is 7.32. The number of anilines is 3. The molecule has 64 heavy (non-hydrogen) atoms. The van der Waals surface area contributed by atoms with Crippen molar-refractivity contribution in [3.63, 3.8) is 0 Å². The summed E-state index contributed by atoms with van der Waals surface area (Å²) in [7, 11) is 0. The molecule has 0 bridgehead atoms. The number of fused-ring (bicyclic) bond motifs is 15. The van der Waals surface area contributed by atoms with E-state index in [9.17, 15) is 0 Å². The molecule has 2 aromatic heterocycles. The molecule has 2 aliphatic rings. The highest BCUT2D eigenvalue weighted by molar-refractivity contribution is 6.13. The molecule has 3 heteroatoms. The van der Waals surface area contributed by atoms with E-state index in [0.717, 1.165) is 50.1 Å². The van der Waals surface area contributed by atoms with Gasteiger partial charge in [-0.2, -0.15) is 0 Å². The van der Waals surface area contributed by atoms with Crippen LogP contribution in [0.3, 0.4) is 0 Å². The minimum absolute atomic E-state index is 0.555. The van der Waals surface area contributed by atoms with E-state index in [1.54, 1.807) is 0 Å². The predicted molar refractivity (Wildman–Crippen MR) is 264 cm³/mol. The lowest BCUT2D eigenvalue weighted by Crippen LogP contribution is -2.33. The lowest BCUT2D eigenvalue weighted by atomic mass is 9.65. The largest absolute Gasteiger partial charge is 0.455 e. The second-order valence-electron chi connectivity index (χ2n) is 17.2. The maximum Gasteiger partial charge on any atom is 0.143 e. The normalized spacial score (nSPS) is 14.6. The predicted octanol–water partition coefficient (Wildman–Crippen LogP) is 16.2. The first-order chi connectivity index (χ1) is 31.8. The van der Waals surface area contributed by atoms with Crippen LogP contribution in [-0.4, -0.2) is 4.57 Å². The van der Waals surface area contributed by atoms with Gasteiger partial charge in [0.05, 0.1) is 22.1 Å². The summed E-state index contributed by atoms with van der Waals surface area (Å²) in [5.74, 6) is 0. The molecule has 1 atom stereocenters. The Hall–Kier alpha value is -8.40. The Labute approximate surface area is 370 Å². The highest BCUT2D eigenvalue weighted by Gasteiger charge is 2.51. The minimum atomic E-state index is -0.555. The van der Waals surface area contributed by atoms with E-state index in [1.165, 1.54) is 72.0 Å². The van der Waals surface area contributed by atoms with Gasteiger partial charge in [0, 0.05) is 44.2 Å². The Bertz CT molecular complexity index is 3840. The number of hydrogen-bond acceptors (Lipinski definition) is 2. The monoisotopic (exact) mass is 814 g/mol. The summed E-state index contributed by atoms with van der Waals surface area (Å²) in [6, 6.07) is 84.6. The average molecular weight is 815 g/mol. The molecule has 1 aliphatic heterocycles. The lowest BCUT2D eigenvalue weighted by Gasteiger charge is -2.40. The molecule has 0 saturated carbocycles. The van der Waals surface area contributed by atoms with Gasteiger partial charge in [-0.1, -0.05) is 176 Å². The van der Waals surface area contributed by atoms with E-state index in [-0.39, 0.29) is 0 Å². The van der Waals surface area contributed by atoms with Crippen molar-refractivity contribution in [3.8, 4) is 39.1 Å². The summed E-state index contributed by atoms with van der Waals surface area (Å²) in [6.07, 6.45) is 0. The van der Waals surface area contributed by atoms with E-state index >= 15 is 0 Å². The van der Waals surface area contributed by atoms with Crippen molar-refractivity contribution in [3.05, 3.63) is 253 Å². The smallest absolute Gasteiger partial charge is 0.143 e. The zero-order chi connectivity index (χ0) is 41.9. The van der Waals surface area contributed by atoms with Gasteiger partial charge in [-0.15, -0.1) is 0 Å². The van der Waals surface area contributed by atoms with Crippen molar-refractivity contribution in [1.82, 2.24) is 4.57 Å². The van der Waals surface area contributed by atoms with Crippen molar-refractivity contribution in [2.75, 3.05) is 4.90 Å². The number of furan rings is 1. The van der Waals surface area contributed by atoms with Crippen LogP contribution in [0.1, 0.15) is 22.3 Å². The fraction of sp³-hybridized carbons (Fsp3) is 0.0164. The fourth-order valence-corrected chi connectivity index (χ4v) is 11.3. The van der Waals surface area contributed by atoms with Crippen molar-refractivity contribution in [2.45, 2.75) is 5.41 Å². The van der Waals surface area contributed by atoms with Crippen LogP contribution < -0.4 is 4.90 Å². The van der Waals surface area contributed by atoms with Gasteiger partial charge >= 0.3 is 0 Å². The van der Waals surface area contributed by atoms with Crippen LogP contribution >= 0.6 is 0 Å². The van der Waals surface area contributed by atoms with Crippen molar-refractivity contribution >= 4 is 60.8 Å². The van der Waals surface area contributed by atoms with Gasteiger partial charge in [-0.25, -0.2) is 0 Å². The summed E-state index contributed by atoms with van der Waals surface area (Å²) < 4.78 is 9.01. The Morgan fingerprint density at radius 1 is 0.359 bits per heavy atom. The number of aromatic nitrogens is 1. The van der Waals surface area contributed by atoms with Crippen LogP contribution in [0.4, 0.5) is 17.1 Å². The first-order valence-corrected chi connectivity index (χ1v) is 22.1. The lowest BCUT2D eigenvalue weighted by molar-refractivity contribution is 0.670. The highest BCUT2D eigenvalue weighted by atomic mass is 16.3. The zero-order valence-corrected chi connectivity index (χ0v) is 34.7. The quantitative estimate of drug-likeness (QED) is 0.173. The van der Waals surface area contributed by atoms with E-state index in [4.69, 9.17) is 4.42 Å². The van der Waals surface area contributed by atoms with Crippen LogP contribution in [0.25, 0.3) is 82.8 Å². The number of nitrogens with zero attached hydrogens (tertiary/aromatic N) is 2. The topological polar surface area (TPSA) is 21.3 Å². The third kappa shape index (κ3) is 4.76. The van der Waals surface area contributed by atoms with Gasteiger partial charge in [0.25, 0.3) is 0 Å². The van der Waals surface area contributed by atoms with Gasteiger partial charge in [0.1, 0.15) is 11.2 Å². The first-order valence-electron chi connectivity index (χ1n) is 22.1. The average Bonchev–Trinajstić information content (AvgIpc) is 4.01. The number of rotatable bonds is 5. The molecule has 0 radical (unpaired) electrons. The van der Waals surface area contributed by atoms with Gasteiger partial charge in [-0.05, 0) is 105 Å². The van der Waals surface area contributed by atoms with Crippen LogP contribution in [0.5, 0.6) is 0 Å². The van der Waals surface area contributed by atoms with Gasteiger partial charge in [-0.3, -0.25) is 0 Å². The Balaban J connectivity index is 0.996. The molecule has 12 aromatic rings. The second-order valence-corrected chi connectivity index (χ2v) is 17.2. The summed E-state index contributed by atoms with van der Waals surface area (Å²) in [4.78, 5) is 2.42. The van der Waals surface area contributed by atoms with E-state index in [1.807, 2.05) is 6.07 Å². The zero-order valence-electron chi connectivity index (χ0n) is 34.7. The molecule has 14 rings (SSSR count). The Morgan fingerprint density at radius 2 is 0.938 bits per heavy atom. The van der Waals surface area contributed by atoms with Crippen LogP contribution in [0.15, 0.2) is 235 Å². The highest BCUT2D eigenvalue weighted by Crippen LogP contribution is 2.61. The van der Waals surface area contributed by atoms with Crippen LogP contribution in [0, 0.1) is 0 Å². The standard InChI is InChI=1S/C61H38N2O/c1-2-14-39(15-3-1)40-28-32-42(33-29-40)62(43-34-30-41(31-35-43)45-19-12-21-51-49-18-6-11-27-58(49)64-60(45)51)44-36-37-47-46-16-4-7-22-52(46)61(55(47)38-44)53-23-8-10-26-57(53)63-56-25-9-5-17-48(56)50-20-13-24-54(61)59(50)63/h1-38H. The molecule has 0 saturated heterocycles. The number of para-hydroxylation sites is 5. The first kappa shape index (κ1) is 35.2. The summed E-state index contributed by atoms with van der Waals surface area (Å²) >= 11 is 0. The van der Waals surface area contributed by atoms with Crippen LogP contribution in [-0.2, 0) is 5.41 Å². The molecule has 1 unspecified atom stereocenters. The molecule has 298 valence electrons. The molecular formula is C61H38N2O. The SMILES string of the molecule is c1ccc(-c2ccc(N(c3ccc(-c4cccc5c4oc4ccccc45)cc3)c3ccc4c(c3)C3(c5ccccc5-4)c4ccccc4-n4c5ccccc5c5cccc3c54)cc2)cc1. The van der Waals surface area contributed by atoms with Crippen molar-refractivity contribution in [1.29, 1.82) is 0 Å². The summed E-state index contributed by atoms with van der Waals surface area (Å²) in [5.41, 5.74) is 20.6. The van der Waals surface area contributed by atoms with Crippen LogP contribution in [0.2, 0.25) is 0 Å². The molecule has 3 nitrogen and oxygen atoms in total. The van der Waals surface area contributed by atoms with E-state index in [2.05, 4.69) is 234 Å². The molecule has 0 N–H and O–H groups in total. The van der Waals surface area contributed by atoms with Gasteiger partial charge in [0.15, 0.2) is 0 Å². The van der Waals surface area contributed by atoms with Gasteiger partial charge < -0.3 is 13.9 Å². The van der Waals surface area contributed by atoms with E-state index < -0.39 is 5.41 Å². The second kappa shape index (κ2) is 13.3. The third-order valence-electron chi connectivity index (χ3n) is 14.0. The van der Waals surface area contributed by atoms with Crippen molar-refractivity contribution < 1.29 is 4.42 Å². The maximum absolute atomic E-state index is 6.50. The fourth-order valence-electron chi connectivity index (χ4n) is 11.3. The molecule has 3 heterocycles. The Morgan fingerprint density at radius 3 is 1.78 bits per heavy atom. The molecule has 0 amide bonds. The molecule has 1 spiro atoms. The molecule has 1 aliphatic carbocycles. The molecule has 0 fully saturated rings. The maximum atomic E-state index is 6.50. The summed E-state index contributed by atoms with van der Waals surface area (Å²) in [5, 5.41) is 4.82. The third-order valence-corrected chi connectivity index (χ3v) is 14.0. The van der Waals surface area contributed by atoms with Crippen molar-refractivity contribution in [2.24, 2.45) is 0 Å². The number of benzene rings is 10. The van der Waals surface area contributed by atoms with E-state index in [0.29, 0.717) is 0 Å². The molecule has 10 aromatic carbocycles. The number of hydrogen-bond donors (Lipinski definition) is 0. The molecular weight excluding hydrogens is 777 g/mol.